The maximum Gasteiger partial charge on any atom is 0.226 e. The number of carbonyl (C=O) groups is 1. The van der Waals surface area contributed by atoms with Gasteiger partial charge in [-0.1, -0.05) is 23.8 Å². The fourth-order valence-electron chi connectivity index (χ4n) is 2.12. The highest BCUT2D eigenvalue weighted by atomic mass is 32.1. The summed E-state index contributed by atoms with van der Waals surface area (Å²) in [5.41, 5.74) is 3.12. The lowest BCUT2D eigenvalue weighted by Gasteiger charge is -2.05. The SMILES string of the molecule is COCCNCCNC(=O)Cc1csc(-c2cccc(C)c2)n1. The van der Waals surface area contributed by atoms with Crippen LogP contribution in [-0.2, 0) is 16.0 Å². The van der Waals surface area contributed by atoms with Gasteiger partial charge in [0.2, 0.25) is 5.91 Å². The largest absolute Gasteiger partial charge is 0.383 e. The average molecular weight is 333 g/mol. The van der Waals surface area contributed by atoms with Gasteiger partial charge in [0.05, 0.1) is 18.7 Å². The van der Waals surface area contributed by atoms with Crippen LogP contribution in [0.3, 0.4) is 0 Å². The van der Waals surface area contributed by atoms with E-state index >= 15 is 0 Å². The smallest absolute Gasteiger partial charge is 0.226 e. The van der Waals surface area contributed by atoms with E-state index in [0.717, 1.165) is 29.4 Å². The Labute approximate surface area is 141 Å². The molecule has 0 spiro atoms. The predicted octanol–water partition coefficient (Wildman–Crippen LogP) is 2.01. The third-order valence-electron chi connectivity index (χ3n) is 3.27. The summed E-state index contributed by atoms with van der Waals surface area (Å²) in [6, 6.07) is 8.23. The van der Waals surface area contributed by atoms with E-state index in [1.54, 1.807) is 18.4 Å². The molecular weight excluding hydrogens is 310 g/mol. The first-order valence-corrected chi connectivity index (χ1v) is 8.55. The van der Waals surface area contributed by atoms with Crippen LogP contribution in [-0.4, -0.2) is 44.2 Å². The number of rotatable bonds is 9. The van der Waals surface area contributed by atoms with Gasteiger partial charge in [-0.3, -0.25) is 4.79 Å². The van der Waals surface area contributed by atoms with Gasteiger partial charge in [0, 0.05) is 37.7 Å². The number of benzene rings is 1. The summed E-state index contributed by atoms with van der Waals surface area (Å²) in [6.07, 6.45) is 0.320. The van der Waals surface area contributed by atoms with Crippen molar-refractivity contribution in [2.45, 2.75) is 13.3 Å². The highest BCUT2D eigenvalue weighted by Crippen LogP contribution is 2.24. The average Bonchev–Trinajstić information content (AvgIpc) is 2.99. The Bertz CT molecular complexity index is 628. The van der Waals surface area contributed by atoms with Crippen molar-refractivity contribution in [1.82, 2.24) is 15.6 Å². The molecule has 0 unspecified atom stereocenters. The zero-order valence-electron chi connectivity index (χ0n) is 13.6. The number of aromatic nitrogens is 1. The van der Waals surface area contributed by atoms with Crippen LogP contribution in [0.4, 0.5) is 0 Å². The number of amides is 1. The third-order valence-corrected chi connectivity index (χ3v) is 4.21. The van der Waals surface area contributed by atoms with Gasteiger partial charge in [-0.2, -0.15) is 0 Å². The van der Waals surface area contributed by atoms with Gasteiger partial charge in [0.15, 0.2) is 0 Å². The van der Waals surface area contributed by atoms with Crippen LogP contribution in [0.25, 0.3) is 10.6 Å². The molecule has 5 nitrogen and oxygen atoms in total. The molecule has 2 aromatic rings. The van der Waals surface area contributed by atoms with E-state index in [9.17, 15) is 4.79 Å². The summed E-state index contributed by atoms with van der Waals surface area (Å²) in [6.45, 7) is 4.87. The topological polar surface area (TPSA) is 63.2 Å². The first-order valence-electron chi connectivity index (χ1n) is 7.67. The number of thiazole rings is 1. The van der Waals surface area contributed by atoms with E-state index < -0.39 is 0 Å². The summed E-state index contributed by atoms with van der Waals surface area (Å²) in [7, 11) is 1.67. The molecule has 0 bridgehead atoms. The molecule has 6 heteroatoms. The Morgan fingerprint density at radius 2 is 2.17 bits per heavy atom. The van der Waals surface area contributed by atoms with Crippen molar-refractivity contribution in [3.8, 4) is 10.6 Å². The van der Waals surface area contributed by atoms with Gasteiger partial charge >= 0.3 is 0 Å². The zero-order valence-corrected chi connectivity index (χ0v) is 14.4. The zero-order chi connectivity index (χ0) is 16.5. The van der Waals surface area contributed by atoms with Crippen molar-refractivity contribution < 1.29 is 9.53 Å². The lowest BCUT2D eigenvalue weighted by molar-refractivity contribution is -0.120. The highest BCUT2D eigenvalue weighted by molar-refractivity contribution is 7.13. The molecule has 0 atom stereocenters. The van der Waals surface area contributed by atoms with Crippen molar-refractivity contribution >= 4 is 17.2 Å². The lowest BCUT2D eigenvalue weighted by Crippen LogP contribution is -2.33. The molecule has 23 heavy (non-hydrogen) atoms. The minimum absolute atomic E-state index is 0.000339. The molecule has 0 radical (unpaired) electrons. The number of nitrogens with zero attached hydrogens (tertiary/aromatic N) is 1. The molecule has 2 N–H and O–H groups in total. The molecule has 0 aliphatic rings. The first kappa shape index (κ1) is 17.6. The summed E-state index contributed by atoms with van der Waals surface area (Å²) < 4.78 is 4.94. The van der Waals surface area contributed by atoms with Crippen LogP contribution in [0.5, 0.6) is 0 Å². The van der Waals surface area contributed by atoms with E-state index in [2.05, 4.69) is 34.7 Å². The molecule has 0 saturated carbocycles. The predicted molar refractivity (Wildman–Crippen MR) is 93.7 cm³/mol. The van der Waals surface area contributed by atoms with Crippen LogP contribution in [0.2, 0.25) is 0 Å². The van der Waals surface area contributed by atoms with Gasteiger partial charge < -0.3 is 15.4 Å². The normalized spacial score (nSPS) is 10.7. The van der Waals surface area contributed by atoms with Crippen molar-refractivity contribution in [3.63, 3.8) is 0 Å². The lowest BCUT2D eigenvalue weighted by atomic mass is 10.1. The summed E-state index contributed by atoms with van der Waals surface area (Å²) in [5, 5.41) is 8.98. The number of carbonyl (C=O) groups excluding carboxylic acids is 1. The molecule has 124 valence electrons. The second kappa shape index (κ2) is 9.39. The van der Waals surface area contributed by atoms with E-state index in [4.69, 9.17) is 4.74 Å². The monoisotopic (exact) mass is 333 g/mol. The molecule has 0 saturated heterocycles. The number of hydrogen-bond acceptors (Lipinski definition) is 5. The van der Waals surface area contributed by atoms with E-state index in [-0.39, 0.29) is 5.91 Å². The van der Waals surface area contributed by atoms with E-state index in [1.807, 2.05) is 17.5 Å². The Kier molecular flexibility index (Phi) is 7.19. The van der Waals surface area contributed by atoms with E-state index in [1.165, 1.54) is 5.56 Å². The molecule has 1 heterocycles. The highest BCUT2D eigenvalue weighted by Gasteiger charge is 2.08. The van der Waals surface area contributed by atoms with Crippen molar-refractivity contribution in [2.24, 2.45) is 0 Å². The number of methoxy groups -OCH3 is 1. The first-order chi connectivity index (χ1) is 11.2. The van der Waals surface area contributed by atoms with E-state index in [0.29, 0.717) is 19.6 Å². The molecule has 1 amide bonds. The maximum absolute atomic E-state index is 11.9. The minimum Gasteiger partial charge on any atom is -0.383 e. The maximum atomic E-state index is 11.9. The summed E-state index contributed by atoms with van der Waals surface area (Å²) in [5.74, 6) is -0.000339. The second-order valence-corrected chi connectivity index (χ2v) is 6.14. The fourth-order valence-corrected chi connectivity index (χ4v) is 2.93. The molecule has 1 aromatic carbocycles. The quantitative estimate of drug-likeness (QED) is 0.689. The fraction of sp³-hybridized carbons (Fsp3) is 0.412. The van der Waals surface area contributed by atoms with Gasteiger partial charge in [0.25, 0.3) is 0 Å². The molecule has 2 rings (SSSR count). The van der Waals surface area contributed by atoms with Crippen LogP contribution in [0.15, 0.2) is 29.6 Å². The molecule has 1 aromatic heterocycles. The Morgan fingerprint density at radius 1 is 1.30 bits per heavy atom. The number of aryl methyl sites for hydroxylation is 1. The van der Waals surface area contributed by atoms with Gasteiger partial charge in [-0.25, -0.2) is 4.98 Å². The van der Waals surface area contributed by atoms with Crippen LogP contribution in [0.1, 0.15) is 11.3 Å². The Hall–Kier alpha value is -1.76. The third kappa shape index (κ3) is 6.09. The van der Waals surface area contributed by atoms with Crippen LogP contribution < -0.4 is 10.6 Å². The molecule has 0 fully saturated rings. The Morgan fingerprint density at radius 3 is 2.96 bits per heavy atom. The number of nitrogens with one attached hydrogen (secondary N) is 2. The minimum atomic E-state index is -0.000339. The van der Waals surface area contributed by atoms with Crippen molar-refractivity contribution in [3.05, 3.63) is 40.9 Å². The number of hydrogen-bond donors (Lipinski definition) is 2. The number of ether oxygens (including phenoxy) is 1. The van der Waals surface area contributed by atoms with Crippen LogP contribution >= 0.6 is 11.3 Å². The van der Waals surface area contributed by atoms with Gasteiger partial charge in [-0.15, -0.1) is 11.3 Å². The van der Waals surface area contributed by atoms with Crippen LogP contribution in [0, 0.1) is 6.92 Å². The molecular formula is C17H23N3O2S. The molecule has 0 aliphatic carbocycles. The Balaban J connectivity index is 1.77. The summed E-state index contributed by atoms with van der Waals surface area (Å²) >= 11 is 1.57. The molecule has 0 aliphatic heterocycles. The van der Waals surface area contributed by atoms with Gasteiger partial charge in [0.1, 0.15) is 5.01 Å². The van der Waals surface area contributed by atoms with Gasteiger partial charge in [-0.05, 0) is 13.0 Å². The van der Waals surface area contributed by atoms with Crippen molar-refractivity contribution in [2.75, 3.05) is 33.4 Å². The summed E-state index contributed by atoms with van der Waals surface area (Å²) in [4.78, 5) is 16.5. The second-order valence-electron chi connectivity index (χ2n) is 5.28. The standard InChI is InChI=1S/C17H23N3O2S/c1-13-4-3-5-14(10-13)17-20-15(12-23-17)11-16(21)19-7-6-18-8-9-22-2/h3-5,10,12,18H,6-9,11H2,1-2H3,(H,19,21). The van der Waals surface area contributed by atoms with Crippen molar-refractivity contribution in [1.29, 1.82) is 0 Å².